The summed E-state index contributed by atoms with van der Waals surface area (Å²) in [5.74, 6) is -0.206. The van der Waals surface area contributed by atoms with E-state index in [4.69, 9.17) is 23.2 Å². The minimum absolute atomic E-state index is 0.206. The molecule has 106 valence electrons. The van der Waals surface area contributed by atoms with Crippen molar-refractivity contribution in [2.45, 2.75) is 17.3 Å². The lowest BCUT2D eigenvalue weighted by atomic mass is 10.3. The van der Waals surface area contributed by atoms with E-state index in [0.29, 0.717) is 20.9 Å². The van der Waals surface area contributed by atoms with Crippen molar-refractivity contribution in [1.29, 1.82) is 0 Å². The lowest BCUT2D eigenvalue weighted by Gasteiger charge is -2.12. The average Bonchev–Trinajstić information content (AvgIpc) is 2.80. The van der Waals surface area contributed by atoms with Gasteiger partial charge in [-0.2, -0.15) is 0 Å². The standard InChI is InChI=1S/C11H11Cl2N5OS/c1-6(20-11-15-16-17-18(11)2)10(19)14-8-5-3-4-7(12)9(8)13/h3-6H,1-2H3,(H,14,19)/t6-/m0/s1. The summed E-state index contributed by atoms with van der Waals surface area (Å²) in [6.07, 6.45) is 0. The molecule has 1 atom stereocenters. The first kappa shape index (κ1) is 15.1. The van der Waals surface area contributed by atoms with Gasteiger partial charge in [-0.1, -0.05) is 41.0 Å². The third-order valence-electron chi connectivity index (χ3n) is 2.44. The molecule has 20 heavy (non-hydrogen) atoms. The van der Waals surface area contributed by atoms with Crippen LogP contribution in [0.5, 0.6) is 0 Å². The van der Waals surface area contributed by atoms with Gasteiger partial charge in [-0.25, -0.2) is 4.68 Å². The quantitative estimate of drug-likeness (QED) is 0.872. The first-order valence-electron chi connectivity index (χ1n) is 5.63. The van der Waals surface area contributed by atoms with Gasteiger partial charge in [0.05, 0.1) is 21.0 Å². The van der Waals surface area contributed by atoms with E-state index in [-0.39, 0.29) is 11.2 Å². The van der Waals surface area contributed by atoms with E-state index < -0.39 is 0 Å². The average molecular weight is 332 g/mol. The summed E-state index contributed by atoms with van der Waals surface area (Å²) in [6, 6.07) is 5.06. The summed E-state index contributed by atoms with van der Waals surface area (Å²) >= 11 is 13.2. The van der Waals surface area contributed by atoms with Crippen molar-refractivity contribution in [3.05, 3.63) is 28.2 Å². The van der Waals surface area contributed by atoms with Crippen molar-refractivity contribution in [3.63, 3.8) is 0 Å². The maximum Gasteiger partial charge on any atom is 0.237 e. The summed E-state index contributed by atoms with van der Waals surface area (Å²) in [5.41, 5.74) is 0.479. The summed E-state index contributed by atoms with van der Waals surface area (Å²) < 4.78 is 1.50. The zero-order valence-electron chi connectivity index (χ0n) is 10.7. The molecule has 0 aliphatic heterocycles. The molecule has 0 bridgehead atoms. The van der Waals surface area contributed by atoms with Gasteiger partial charge in [-0.05, 0) is 29.5 Å². The van der Waals surface area contributed by atoms with Crippen LogP contribution in [0.2, 0.25) is 10.0 Å². The van der Waals surface area contributed by atoms with Crippen LogP contribution in [0.1, 0.15) is 6.92 Å². The van der Waals surface area contributed by atoms with Gasteiger partial charge in [0.15, 0.2) is 0 Å². The molecular formula is C11H11Cl2N5OS. The molecule has 0 aliphatic carbocycles. The Hall–Kier alpha value is -1.31. The smallest absolute Gasteiger partial charge is 0.237 e. The number of benzene rings is 1. The fourth-order valence-corrected chi connectivity index (χ4v) is 2.47. The number of hydrogen-bond donors (Lipinski definition) is 1. The van der Waals surface area contributed by atoms with Gasteiger partial charge in [0.25, 0.3) is 0 Å². The van der Waals surface area contributed by atoms with Gasteiger partial charge in [0.2, 0.25) is 11.1 Å². The van der Waals surface area contributed by atoms with Crippen LogP contribution in [-0.4, -0.2) is 31.4 Å². The van der Waals surface area contributed by atoms with Crippen LogP contribution in [0.25, 0.3) is 0 Å². The second-order valence-electron chi connectivity index (χ2n) is 3.94. The highest BCUT2D eigenvalue weighted by molar-refractivity contribution is 8.00. The second kappa shape index (κ2) is 6.43. The highest BCUT2D eigenvalue weighted by Gasteiger charge is 2.18. The first-order chi connectivity index (χ1) is 9.49. The molecule has 0 saturated carbocycles. The number of aryl methyl sites for hydroxylation is 1. The molecule has 2 aromatic rings. The van der Waals surface area contributed by atoms with Gasteiger partial charge >= 0.3 is 0 Å². The first-order valence-corrected chi connectivity index (χ1v) is 7.26. The number of halogens is 2. The topological polar surface area (TPSA) is 72.7 Å². The van der Waals surface area contributed by atoms with Crippen molar-refractivity contribution in [1.82, 2.24) is 20.2 Å². The van der Waals surface area contributed by atoms with E-state index in [1.54, 1.807) is 32.2 Å². The highest BCUT2D eigenvalue weighted by atomic mass is 35.5. The molecule has 0 aliphatic rings. The van der Waals surface area contributed by atoms with Crippen LogP contribution < -0.4 is 5.32 Å². The summed E-state index contributed by atoms with van der Waals surface area (Å²) in [4.78, 5) is 12.1. The Labute approximate surface area is 129 Å². The molecule has 6 nitrogen and oxygen atoms in total. The van der Waals surface area contributed by atoms with Crippen molar-refractivity contribution in [3.8, 4) is 0 Å². The van der Waals surface area contributed by atoms with E-state index in [2.05, 4.69) is 20.8 Å². The zero-order chi connectivity index (χ0) is 14.7. The molecular weight excluding hydrogens is 321 g/mol. The van der Waals surface area contributed by atoms with E-state index in [0.717, 1.165) is 0 Å². The number of thioether (sulfide) groups is 1. The van der Waals surface area contributed by atoms with Crippen LogP contribution in [0.4, 0.5) is 5.69 Å². The largest absolute Gasteiger partial charge is 0.324 e. The summed E-state index contributed by atoms with van der Waals surface area (Å²) in [6.45, 7) is 1.76. The Bertz CT molecular complexity index is 633. The van der Waals surface area contributed by atoms with Crippen LogP contribution in [-0.2, 0) is 11.8 Å². The Balaban J connectivity index is 2.04. The van der Waals surface area contributed by atoms with Gasteiger partial charge in [0, 0.05) is 7.05 Å². The van der Waals surface area contributed by atoms with Crippen molar-refractivity contribution in [2.24, 2.45) is 7.05 Å². The van der Waals surface area contributed by atoms with Gasteiger partial charge in [-0.3, -0.25) is 4.79 Å². The molecule has 0 radical (unpaired) electrons. The van der Waals surface area contributed by atoms with Crippen LogP contribution in [0.15, 0.2) is 23.4 Å². The number of carbonyl (C=O) groups is 1. The number of aromatic nitrogens is 4. The van der Waals surface area contributed by atoms with Gasteiger partial charge in [0.1, 0.15) is 0 Å². The maximum absolute atomic E-state index is 12.1. The number of rotatable bonds is 4. The number of nitrogens with zero attached hydrogens (tertiary/aromatic N) is 4. The van der Waals surface area contributed by atoms with Gasteiger partial charge < -0.3 is 5.32 Å². The van der Waals surface area contributed by atoms with E-state index in [1.165, 1.54) is 16.4 Å². The monoisotopic (exact) mass is 331 g/mol. The SMILES string of the molecule is C[C@H](Sc1nnnn1C)C(=O)Nc1cccc(Cl)c1Cl. The van der Waals surface area contributed by atoms with Crippen molar-refractivity contribution < 1.29 is 4.79 Å². The number of anilines is 1. The molecule has 2 rings (SSSR count). The molecule has 0 spiro atoms. The van der Waals surface area contributed by atoms with E-state index in [1.807, 2.05) is 0 Å². The lowest BCUT2D eigenvalue weighted by Crippen LogP contribution is -2.23. The molecule has 1 aromatic heterocycles. The fraction of sp³-hybridized carbons (Fsp3) is 0.273. The lowest BCUT2D eigenvalue weighted by molar-refractivity contribution is -0.115. The zero-order valence-corrected chi connectivity index (χ0v) is 13.0. The second-order valence-corrected chi connectivity index (χ2v) is 6.03. The number of carbonyl (C=O) groups excluding carboxylic acids is 1. The van der Waals surface area contributed by atoms with Crippen LogP contribution in [0, 0.1) is 0 Å². The number of tetrazole rings is 1. The fourth-order valence-electron chi connectivity index (χ4n) is 1.37. The number of amides is 1. The molecule has 1 heterocycles. The molecule has 9 heteroatoms. The molecule has 1 aromatic carbocycles. The Morgan fingerprint density at radius 1 is 1.45 bits per heavy atom. The Morgan fingerprint density at radius 2 is 2.20 bits per heavy atom. The van der Waals surface area contributed by atoms with Crippen LogP contribution in [0.3, 0.4) is 0 Å². The van der Waals surface area contributed by atoms with Crippen LogP contribution >= 0.6 is 35.0 Å². The molecule has 0 unspecified atom stereocenters. The summed E-state index contributed by atoms with van der Waals surface area (Å²) in [7, 11) is 1.71. The Kier molecular flexibility index (Phi) is 4.85. The molecule has 0 saturated heterocycles. The third kappa shape index (κ3) is 3.41. The molecule has 0 fully saturated rings. The normalized spacial score (nSPS) is 12.2. The van der Waals surface area contributed by atoms with Gasteiger partial charge in [-0.15, -0.1) is 5.10 Å². The predicted molar refractivity (Wildman–Crippen MR) is 79.2 cm³/mol. The highest BCUT2D eigenvalue weighted by Crippen LogP contribution is 2.30. The minimum Gasteiger partial charge on any atom is -0.324 e. The number of nitrogens with one attached hydrogen (secondary N) is 1. The minimum atomic E-state index is -0.380. The van der Waals surface area contributed by atoms with E-state index >= 15 is 0 Å². The third-order valence-corrected chi connectivity index (χ3v) is 4.39. The Morgan fingerprint density at radius 3 is 2.85 bits per heavy atom. The predicted octanol–water partition coefficient (Wildman–Crippen LogP) is 2.64. The van der Waals surface area contributed by atoms with Crippen molar-refractivity contribution >= 4 is 46.6 Å². The molecule has 1 amide bonds. The molecule has 1 N–H and O–H groups in total. The van der Waals surface area contributed by atoms with E-state index in [9.17, 15) is 4.79 Å². The summed E-state index contributed by atoms with van der Waals surface area (Å²) in [5, 5.41) is 14.7. The number of hydrogen-bond acceptors (Lipinski definition) is 5. The van der Waals surface area contributed by atoms with Crippen molar-refractivity contribution in [2.75, 3.05) is 5.32 Å². The maximum atomic E-state index is 12.1.